The molecular formula is C12H16N2O4. The van der Waals surface area contributed by atoms with Crippen molar-refractivity contribution in [3.05, 3.63) is 24.5 Å². The van der Waals surface area contributed by atoms with Gasteiger partial charge in [-0.3, -0.25) is 9.78 Å². The van der Waals surface area contributed by atoms with Crippen molar-refractivity contribution in [3.8, 4) is 5.75 Å². The molecule has 0 aliphatic heterocycles. The zero-order valence-corrected chi connectivity index (χ0v) is 10.4. The third-order valence-electron chi connectivity index (χ3n) is 2.02. The summed E-state index contributed by atoms with van der Waals surface area (Å²) in [6.07, 6.45) is 3.15. The number of amides is 1. The van der Waals surface area contributed by atoms with Crippen LogP contribution in [0.25, 0.3) is 0 Å². The van der Waals surface area contributed by atoms with E-state index in [1.807, 2.05) is 0 Å². The summed E-state index contributed by atoms with van der Waals surface area (Å²) in [7, 11) is 0. The molecule has 1 N–H and O–H groups in total. The minimum absolute atomic E-state index is 0.0163. The van der Waals surface area contributed by atoms with Crippen molar-refractivity contribution >= 4 is 11.9 Å². The van der Waals surface area contributed by atoms with Gasteiger partial charge in [0.05, 0.1) is 6.61 Å². The zero-order valence-electron chi connectivity index (χ0n) is 10.4. The van der Waals surface area contributed by atoms with Gasteiger partial charge in [0.1, 0.15) is 12.4 Å². The Labute approximate surface area is 105 Å². The highest BCUT2D eigenvalue weighted by Gasteiger charge is 2.21. The number of hydrogen-bond acceptors (Lipinski definition) is 5. The second-order valence-corrected chi connectivity index (χ2v) is 3.50. The zero-order chi connectivity index (χ0) is 13.4. The van der Waals surface area contributed by atoms with Crippen molar-refractivity contribution in [2.24, 2.45) is 0 Å². The summed E-state index contributed by atoms with van der Waals surface area (Å²) < 4.78 is 10.2. The lowest BCUT2D eigenvalue weighted by Crippen LogP contribution is -2.44. The normalized spacial score (nSPS) is 11.4. The summed E-state index contributed by atoms with van der Waals surface area (Å²) in [4.78, 5) is 26.4. The second-order valence-electron chi connectivity index (χ2n) is 3.50. The maximum absolute atomic E-state index is 11.6. The van der Waals surface area contributed by atoms with E-state index in [0.29, 0.717) is 5.75 Å². The molecule has 0 spiro atoms. The van der Waals surface area contributed by atoms with Gasteiger partial charge in [0, 0.05) is 19.3 Å². The smallest absolute Gasteiger partial charge is 0.332 e. The van der Waals surface area contributed by atoms with Crippen molar-refractivity contribution < 1.29 is 19.1 Å². The number of pyridine rings is 1. The van der Waals surface area contributed by atoms with Crippen LogP contribution in [0.15, 0.2) is 24.5 Å². The molecule has 1 heterocycles. The van der Waals surface area contributed by atoms with E-state index in [1.165, 1.54) is 6.92 Å². The molecule has 6 heteroatoms. The predicted molar refractivity (Wildman–Crippen MR) is 64.0 cm³/mol. The van der Waals surface area contributed by atoms with E-state index in [0.717, 1.165) is 0 Å². The summed E-state index contributed by atoms with van der Waals surface area (Å²) in [5.74, 6) is -0.252. The number of rotatable bonds is 6. The van der Waals surface area contributed by atoms with Crippen LogP contribution in [0.2, 0.25) is 0 Å². The van der Waals surface area contributed by atoms with Crippen LogP contribution in [-0.4, -0.2) is 36.1 Å². The summed E-state index contributed by atoms with van der Waals surface area (Å²) >= 11 is 0. The van der Waals surface area contributed by atoms with Crippen LogP contribution in [0.1, 0.15) is 13.8 Å². The third kappa shape index (κ3) is 4.82. The first-order valence-electron chi connectivity index (χ1n) is 5.60. The maximum Gasteiger partial charge on any atom is 0.332 e. The molecular weight excluding hydrogens is 236 g/mol. The molecule has 0 aliphatic rings. The van der Waals surface area contributed by atoms with Crippen LogP contribution in [0.5, 0.6) is 5.75 Å². The van der Waals surface area contributed by atoms with Gasteiger partial charge in [-0.2, -0.15) is 0 Å². The molecule has 0 saturated carbocycles. The Balaban J connectivity index is 2.55. The monoisotopic (exact) mass is 252 g/mol. The Morgan fingerprint density at radius 2 is 2.06 bits per heavy atom. The number of nitrogens with zero attached hydrogens (tertiary/aromatic N) is 1. The van der Waals surface area contributed by atoms with Crippen molar-refractivity contribution in [2.75, 3.05) is 13.2 Å². The van der Waals surface area contributed by atoms with Gasteiger partial charge >= 0.3 is 5.97 Å². The molecule has 1 unspecified atom stereocenters. The van der Waals surface area contributed by atoms with Gasteiger partial charge in [-0.15, -0.1) is 0 Å². The molecule has 0 aliphatic carbocycles. The molecule has 18 heavy (non-hydrogen) atoms. The number of hydrogen-bond donors (Lipinski definition) is 1. The number of esters is 1. The van der Waals surface area contributed by atoms with Crippen LogP contribution < -0.4 is 10.1 Å². The van der Waals surface area contributed by atoms with E-state index in [1.54, 1.807) is 31.5 Å². The minimum Gasteiger partial charge on any atom is -0.491 e. The fourth-order valence-corrected chi connectivity index (χ4v) is 1.27. The molecule has 0 bridgehead atoms. The fourth-order valence-electron chi connectivity index (χ4n) is 1.27. The summed E-state index contributed by atoms with van der Waals surface area (Å²) in [6.45, 7) is 3.30. The Bertz CT molecular complexity index is 394. The van der Waals surface area contributed by atoms with E-state index in [2.05, 4.69) is 10.3 Å². The lowest BCUT2D eigenvalue weighted by molar-refractivity contribution is -0.148. The number of ether oxygens (including phenoxy) is 2. The van der Waals surface area contributed by atoms with Crippen LogP contribution in [-0.2, 0) is 14.3 Å². The number of aromatic nitrogens is 1. The number of nitrogens with one attached hydrogen (secondary N) is 1. The first-order valence-corrected chi connectivity index (χ1v) is 5.60. The van der Waals surface area contributed by atoms with E-state index >= 15 is 0 Å². The van der Waals surface area contributed by atoms with Crippen LogP contribution >= 0.6 is 0 Å². The molecule has 0 fully saturated rings. The standard InChI is InChI=1S/C12H16N2O4/c1-3-17-12(16)11(14-9(2)15)8-18-10-4-6-13-7-5-10/h4-7,11H,3,8H2,1-2H3,(H,14,15). The molecule has 0 radical (unpaired) electrons. The van der Waals surface area contributed by atoms with E-state index in [-0.39, 0.29) is 19.1 Å². The first kappa shape index (κ1) is 14.0. The SMILES string of the molecule is CCOC(=O)C(COc1ccncc1)NC(C)=O. The van der Waals surface area contributed by atoms with Crippen molar-refractivity contribution in [1.82, 2.24) is 10.3 Å². The van der Waals surface area contributed by atoms with Gasteiger partial charge in [0.15, 0.2) is 6.04 Å². The van der Waals surface area contributed by atoms with Crippen LogP contribution in [0.4, 0.5) is 0 Å². The van der Waals surface area contributed by atoms with Gasteiger partial charge in [-0.1, -0.05) is 0 Å². The molecule has 1 atom stereocenters. The minimum atomic E-state index is -0.810. The summed E-state index contributed by atoms with van der Waals surface area (Å²) in [6, 6.07) is 2.52. The van der Waals surface area contributed by atoms with Gasteiger partial charge in [0.2, 0.25) is 5.91 Å². The van der Waals surface area contributed by atoms with Gasteiger partial charge in [0.25, 0.3) is 0 Å². The van der Waals surface area contributed by atoms with Gasteiger partial charge in [-0.25, -0.2) is 4.79 Å². The molecule has 6 nitrogen and oxygen atoms in total. The van der Waals surface area contributed by atoms with Crippen molar-refractivity contribution in [3.63, 3.8) is 0 Å². The van der Waals surface area contributed by atoms with Gasteiger partial charge < -0.3 is 14.8 Å². The molecule has 1 aromatic rings. The van der Waals surface area contributed by atoms with Crippen LogP contribution in [0.3, 0.4) is 0 Å². The average molecular weight is 252 g/mol. The second kappa shape index (κ2) is 7.26. The molecule has 98 valence electrons. The van der Waals surface area contributed by atoms with Crippen molar-refractivity contribution in [1.29, 1.82) is 0 Å². The maximum atomic E-state index is 11.6. The quantitative estimate of drug-likeness (QED) is 0.747. The lowest BCUT2D eigenvalue weighted by atomic mass is 10.3. The summed E-state index contributed by atoms with van der Waals surface area (Å²) in [5.41, 5.74) is 0. The molecule has 0 aromatic carbocycles. The number of carbonyl (C=O) groups excluding carboxylic acids is 2. The topological polar surface area (TPSA) is 77.5 Å². The third-order valence-corrected chi connectivity index (χ3v) is 2.02. The highest BCUT2D eigenvalue weighted by atomic mass is 16.5. The predicted octanol–water partition coefficient (Wildman–Crippen LogP) is 0.528. The molecule has 1 aromatic heterocycles. The fraction of sp³-hybridized carbons (Fsp3) is 0.417. The first-order chi connectivity index (χ1) is 8.63. The largest absolute Gasteiger partial charge is 0.491 e. The Morgan fingerprint density at radius 1 is 1.39 bits per heavy atom. The van der Waals surface area contributed by atoms with E-state index < -0.39 is 12.0 Å². The van der Waals surface area contributed by atoms with Gasteiger partial charge in [-0.05, 0) is 19.1 Å². The number of carbonyl (C=O) groups is 2. The van der Waals surface area contributed by atoms with Crippen molar-refractivity contribution in [2.45, 2.75) is 19.9 Å². The summed E-state index contributed by atoms with van der Waals surface area (Å²) in [5, 5.41) is 2.48. The Morgan fingerprint density at radius 3 is 2.61 bits per heavy atom. The van der Waals surface area contributed by atoms with Crippen LogP contribution in [0, 0.1) is 0 Å². The highest BCUT2D eigenvalue weighted by Crippen LogP contribution is 2.07. The average Bonchev–Trinajstić information content (AvgIpc) is 2.35. The van der Waals surface area contributed by atoms with E-state index in [9.17, 15) is 9.59 Å². The molecule has 1 amide bonds. The molecule has 0 saturated heterocycles. The molecule has 1 rings (SSSR count). The Hall–Kier alpha value is -2.11. The lowest BCUT2D eigenvalue weighted by Gasteiger charge is -2.16. The highest BCUT2D eigenvalue weighted by molar-refractivity contribution is 5.83. The van der Waals surface area contributed by atoms with E-state index in [4.69, 9.17) is 9.47 Å². The Kier molecular flexibility index (Phi) is 5.63.